The highest BCUT2D eigenvalue weighted by Gasteiger charge is 2.24. The lowest BCUT2D eigenvalue weighted by molar-refractivity contribution is -0.123. The highest BCUT2D eigenvalue weighted by molar-refractivity contribution is 7.98. The predicted octanol–water partition coefficient (Wildman–Crippen LogP) is 4.67. The molecular weight excluding hydrogens is 342 g/mol. The van der Waals surface area contributed by atoms with Crippen LogP contribution in [0.4, 0.5) is 0 Å². The summed E-state index contributed by atoms with van der Waals surface area (Å²) in [5.74, 6) is 1.71. The largest absolute Gasteiger partial charge is 0.346 e. The van der Waals surface area contributed by atoms with Crippen LogP contribution in [0.3, 0.4) is 0 Å². The van der Waals surface area contributed by atoms with E-state index in [0.29, 0.717) is 0 Å². The first-order valence-electron chi connectivity index (χ1n) is 9.01. The Morgan fingerprint density at radius 1 is 1.15 bits per heavy atom. The van der Waals surface area contributed by atoms with Gasteiger partial charge in [0.15, 0.2) is 0 Å². The van der Waals surface area contributed by atoms with Crippen molar-refractivity contribution in [3.63, 3.8) is 0 Å². The molecular formula is C21H25N3OS. The number of benzene rings is 2. The SMILES string of the molecule is CCC(C(=O)N[C@@H](CCSC)c1nc2ccccc2[nH]1)c1ccccc1. The van der Waals surface area contributed by atoms with Gasteiger partial charge in [-0.05, 0) is 42.5 Å². The van der Waals surface area contributed by atoms with Crippen LogP contribution in [0.2, 0.25) is 0 Å². The van der Waals surface area contributed by atoms with Crippen LogP contribution in [0.25, 0.3) is 11.0 Å². The summed E-state index contributed by atoms with van der Waals surface area (Å²) in [5.41, 5.74) is 2.99. The van der Waals surface area contributed by atoms with Crippen LogP contribution in [-0.2, 0) is 4.79 Å². The quantitative estimate of drug-likeness (QED) is 0.608. The molecule has 0 spiro atoms. The zero-order valence-electron chi connectivity index (χ0n) is 15.2. The molecule has 2 N–H and O–H groups in total. The lowest BCUT2D eigenvalue weighted by Crippen LogP contribution is -2.33. The van der Waals surface area contributed by atoms with Crippen LogP contribution >= 0.6 is 11.8 Å². The zero-order chi connectivity index (χ0) is 18.4. The normalized spacial score (nSPS) is 13.5. The lowest BCUT2D eigenvalue weighted by Gasteiger charge is -2.21. The minimum absolute atomic E-state index is 0.0604. The van der Waals surface area contributed by atoms with E-state index < -0.39 is 0 Å². The van der Waals surface area contributed by atoms with E-state index in [-0.39, 0.29) is 17.9 Å². The van der Waals surface area contributed by atoms with Gasteiger partial charge >= 0.3 is 0 Å². The Hall–Kier alpha value is -2.27. The number of aromatic amines is 1. The number of thioether (sulfide) groups is 1. The Kier molecular flexibility index (Phi) is 6.34. The number of nitrogens with one attached hydrogen (secondary N) is 2. The molecule has 1 amide bonds. The van der Waals surface area contributed by atoms with E-state index in [4.69, 9.17) is 4.98 Å². The van der Waals surface area contributed by atoms with Crippen molar-refractivity contribution in [3.8, 4) is 0 Å². The molecule has 0 saturated carbocycles. The molecule has 3 aromatic rings. The van der Waals surface area contributed by atoms with Crippen molar-refractivity contribution in [2.75, 3.05) is 12.0 Å². The molecule has 0 aliphatic heterocycles. The lowest BCUT2D eigenvalue weighted by atomic mass is 9.95. The topological polar surface area (TPSA) is 57.8 Å². The van der Waals surface area contributed by atoms with Gasteiger partial charge in [-0.15, -0.1) is 0 Å². The molecule has 0 saturated heterocycles. The number of aromatic nitrogens is 2. The highest BCUT2D eigenvalue weighted by atomic mass is 32.2. The van der Waals surface area contributed by atoms with Gasteiger partial charge in [-0.1, -0.05) is 49.4 Å². The van der Waals surface area contributed by atoms with E-state index in [9.17, 15) is 4.79 Å². The smallest absolute Gasteiger partial charge is 0.228 e. The number of carbonyl (C=O) groups excluding carboxylic acids is 1. The molecule has 0 fully saturated rings. The van der Waals surface area contributed by atoms with Crippen molar-refractivity contribution in [1.82, 2.24) is 15.3 Å². The third-order valence-corrected chi connectivity index (χ3v) is 5.24. The molecule has 0 bridgehead atoms. The molecule has 0 aliphatic carbocycles. The Labute approximate surface area is 158 Å². The summed E-state index contributed by atoms with van der Waals surface area (Å²) in [4.78, 5) is 21.0. The molecule has 2 atom stereocenters. The molecule has 1 unspecified atom stereocenters. The number of hydrogen-bond donors (Lipinski definition) is 2. The van der Waals surface area contributed by atoms with E-state index in [1.165, 1.54) is 0 Å². The third kappa shape index (κ3) is 4.28. The highest BCUT2D eigenvalue weighted by Crippen LogP contribution is 2.24. The fraction of sp³-hybridized carbons (Fsp3) is 0.333. The van der Waals surface area contributed by atoms with Crippen LogP contribution < -0.4 is 5.32 Å². The van der Waals surface area contributed by atoms with Crippen molar-refractivity contribution >= 4 is 28.7 Å². The number of hydrogen-bond acceptors (Lipinski definition) is 3. The fourth-order valence-electron chi connectivity index (χ4n) is 3.18. The first kappa shape index (κ1) is 18.5. The summed E-state index contributed by atoms with van der Waals surface area (Å²) < 4.78 is 0. The molecule has 5 heteroatoms. The first-order valence-corrected chi connectivity index (χ1v) is 10.4. The minimum atomic E-state index is -0.141. The van der Waals surface area contributed by atoms with Crippen LogP contribution in [-0.4, -0.2) is 27.9 Å². The standard InChI is InChI=1S/C21H25N3OS/c1-3-16(15-9-5-4-6-10-15)21(25)24-19(13-14-26-2)20-22-17-11-7-8-12-18(17)23-20/h4-12,16,19H,3,13-14H2,1-2H3,(H,22,23)(H,24,25)/t16?,19-/m0/s1. The van der Waals surface area contributed by atoms with Gasteiger partial charge in [-0.2, -0.15) is 11.8 Å². The Morgan fingerprint density at radius 2 is 1.88 bits per heavy atom. The molecule has 1 heterocycles. The fourth-order valence-corrected chi connectivity index (χ4v) is 3.65. The van der Waals surface area contributed by atoms with Crippen LogP contribution in [0.5, 0.6) is 0 Å². The average Bonchev–Trinajstić information content (AvgIpc) is 3.10. The van der Waals surface area contributed by atoms with Gasteiger partial charge < -0.3 is 10.3 Å². The van der Waals surface area contributed by atoms with Crippen molar-refractivity contribution in [2.24, 2.45) is 0 Å². The van der Waals surface area contributed by atoms with Crippen molar-refractivity contribution in [1.29, 1.82) is 0 Å². The van der Waals surface area contributed by atoms with Gasteiger partial charge in [0, 0.05) is 0 Å². The molecule has 136 valence electrons. The number of nitrogens with zero attached hydrogens (tertiary/aromatic N) is 1. The molecule has 4 nitrogen and oxygen atoms in total. The molecule has 3 rings (SSSR count). The van der Waals surface area contributed by atoms with Crippen molar-refractivity contribution in [2.45, 2.75) is 31.7 Å². The summed E-state index contributed by atoms with van der Waals surface area (Å²) in [6, 6.07) is 17.8. The van der Waals surface area contributed by atoms with Crippen LogP contribution in [0.15, 0.2) is 54.6 Å². The Morgan fingerprint density at radius 3 is 2.58 bits per heavy atom. The van der Waals surface area contributed by atoms with Gasteiger partial charge in [0.2, 0.25) is 5.91 Å². The maximum absolute atomic E-state index is 13.0. The minimum Gasteiger partial charge on any atom is -0.346 e. The first-order chi connectivity index (χ1) is 12.7. The number of para-hydroxylation sites is 2. The van der Waals surface area contributed by atoms with Crippen LogP contribution in [0.1, 0.15) is 43.1 Å². The predicted molar refractivity (Wildman–Crippen MR) is 109 cm³/mol. The zero-order valence-corrected chi connectivity index (χ0v) is 16.1. The number of rotatable bonds is 8. The van der Waals surface area contributed by atoms with E-state index in [1.54, 1.807) is 11.8 Å². The summed E-state index contributed by atoms with van der Waals surface area (Å²) >= 11 is 1.78. The van der Waals surface area contributed by atoms with E-state index in [1.807, 2.05) is 54.6 Å². The Balaban J connectivity index is 1.82. The van der Waals surface area contributed by atoms with Crippen molar-refractivity contribution < 1.29 is 4.79 Å². The third-order valence-electron chi connectivity index (χ3n) is 4.59. The second kappa shape index (κ2) is 8.90. The van der Waals surface area contributed by atoms with Gasteiger partial charge in [-0.3, -0.25) is 4.79 Å². The Bertz CT molecular complexity index is 814. The maximum atomic E-state index is 13.0. The van der Waals surface area contributed by atoms with E-state index >= 15 is 0 Å². The molecule has 26 heavy (non-hydrogen) atoms. The van der Waals surface area contributed by atoms with E-state index in [2.05, 4.69) is 23.5 Å². The summed E-state index contributed by atoms with van der Waals surface area (Å²) in [6.45, 7) is 2.05. The number of amides is 1. The second-order valence-electron chi connectivity index (χ2n) is 6.35. The molecule has 2 aromatic carbocycles. The number of fused-ring (bicyclic) bond motifs is 1. The van der Waals surface area contributed by atoms with Gasteiger partial charge in [0.1, 0.15) is 5.82 Å². The molecule has 1 aromatic heterocycles. The number of carbonyl (C=O) groups is 1. The number of H-pyrrole nitrogens is 1. The summed E-state index contributed by atoms with van der Waals surface area (Å²) in [7, 11) is 0. The van der Waals surface area contributed by atoms with Gasteiger partial charge in [-0.25, -0.2) is 4.98 Å². The second-order valence-corrected chi connectivity index (χ2v) is 7.34. The van der Waals surface area contributed by atoms with Gasteiger partial charge in [0.25, 0.3) is 0 Å². The average molecular weight is 368 g/mol. The summed E-state index contributed by atoms with van der Waals surface area (Å²) in [6.07, 6.45) is 3.69. The van der Waals surface area contributed by atoms with Gasteiger partial charge in [0.05, 0.1) is 23.0 Å². The molecule has 0 radical (unpaired) electrons. The monoisotopic (exact) mass is 367 g/mol. The maximum Gasteiger partial charge on any atom is 0.228 e. The van der Waals surface area contributed by atoms with Crippen LogP contribution in [0, 0.1) is 0 Å². The summed E-state index contributed by atoms with van der Waals surface area (Å²) in [5, 5.41) is 3.23. The molecule has 0 aliphatic rings. The number of imidazole rings is 1. The van der Waals surface area contributed by atoms with E-state index in [0.717, 1.165) is 41.0 Å². The van der Waals surface area contributed by atoms with Crippen molar-refractivity contribution in [3.05, 3.63) is 66.0 Å².